The van der Waals surface area contributed by atoms with Gasteiger partial charge in [-0.25, -0.2) is 9.97 Å². The van der Waals surface area contributed by atoms with Gasteiger partial charge in [0.15, 0.2) is 0 Å². The summed E-state index contributed by atoms with van der Waals surface area (Å²) in [6.07, 6.45) is 5.51. The Bertz CT molecular complexity index is 706. The van der Waals surface area contributed by atoms with Crippen LogP contribution in [0.25, 0.3) is 11.3 Å². The molecule has 0 bridgehead atoms. The Balaban J connectivity index is 1.72. The number of hydrogen-bond acceptors (Lipinski definition) is 4. The highest BCUT2D eigenvalue weighted by Crippen LogP contribution is 2.21. The molecule has 2 heterocycles. The largest absolute Gasteiger partial charge is 0.352 e. The summed E-state index contributed by atoms with van der Waals surface area (Å²) in [5.74, 6) is 1.21. The normalized spacial score (nSPS) is 14.6. The molecule has 25 heavy (non-hydrogen) atoms. The van der Waals surface area contributed by atoms with Crippen molar-refractivity contribution in [2.45, 2.75) is 33.1 Å². The highest BCUT2D eigenvalue weighted by Gasteiger charge is 2.14. The van der Waals surface area contributed by atoms with E-state index in [1.165, 1.54) is 19.3 Å². The molecule has 0 unspecified atom stereocenters. The maximum Gasteiger partial charge on any atom is 0.251 e. The van der Waals surface area contributed by atoms with Crippen molar-refractivity contribution in [3.63, 3.8) is 0 Å². The molecule has 3 rings (SSSR count). The molecule has 1 aromatic heterocycles. The van der Waals surface area contributed by atoms with Crippen LogP contribution in [0, 0.1) is 5.92 Å². The topological polar surface area (TPSA) is 58.1 Å². The summed E-state index contributed by atoms with van der Waals surface area (Å²) in [6.45, 7) is 6.90. The Morgan fingerprint density at radius 3 is 2.52 bits per heavy atom. The molecule has 1 aliphatic rings. The summed E-state index contributed by atoms with van der Waals surface area (Å²) in [6, 6.07) is 9.53. The van der Waals surface area contributed by atoms with E-state index in [1.807, 2.05) is 36.5 Å². The number of piperidine rings is 1. The molecule has 0 saturated carbocycles. The molecule has 0 atom stereocenters. The summed E-state index contributed by atoms with van der Waals surface area (Å²) >= 11 is 0. The van der Waals surface area contributed by atoms with Crippen LogP contribution in [0.5, 0.6) is 0 Å². The van der Waals surface area contributed by atoms with E-state index in [4.69, 9.17) is 4.98 Å². The van der Waals surface area contributed by atoms with Gasteiger partial charge in [-0.05, 0) is 43.4 Å². The van der Waals surface area contributed by atoms with Gasteiger partial charge in [-0.1, -0.05) is 26.0 Å². The minimum atomic E-state index is -0.0306. The zero-order valence-corrected chi connectivity index (χ0v) is 15.0. The van der Waals surface area contributed by atoms with Crippen LogP contribution >= 0.6 is 0 Å². The molecule has 1 fully saturated rings. The lowest BCUT2D eigenvalue weighted by Gasteiger charge is -2.26. The molecule has 0 radical (unpaired) electrons. The second kappa shape index (κ2) is 8.10. The maximum atomic E-state index is 12.1. The van der Waals surface area contributed by atoms with Gasteiger partial charge in [0.25, 0.3) is 5.91 Å². The Labute approximate surface area is 149 Å². The van der Waals surface area contributed by atoms with Gasteiger partial charge in [-0.2, -0.15) is 0 Å². The molecule has 5 heteroatoms. The SMILES string of the molecule is CC(C)CNC(=O)c1ccc(-c2ccnc(N3CCCCC3)n2)cc1. The van der Waals surface area contributed by atoms with E-state index in [2.05, 4.69) is 29.0 Å². The number of nitrogens with zero attached hydrogens (tertiary/aromatic N) is 3. The summed E-state index contributed by atoms with van der Waals surface area (Å²) in [4.78, 5) is 23.5. The van der Waals surface area contributed by atoms with Gasteiger partial charge < -0.3 is 10.2 Å². The number of anilines is 1. The second-order valence-corrected chi connectivity index (χ2v) is 6.97. The number of rotatable bonds is 5. The molecule has 1 amide bonds. The number of hydrogen-bond donors (Lipinski definition) is 1. The number of amides is 1. The van der Waals surface area contributed by atoms with Crippen LogP contribution in [0.1, 0.15) is 43.5 Å². The molecule has 1 aliphatic heterocycles. The summed E-state index contributed by atoms with van der Waals surface area (Å²) in [5, 5.41) is 2.94. The lowest BCUT2D eigenvalue weighted by molar-refractivity contribution is 0.0949. The Hall–Kier alpha value is -2.43. The minimum Gasteiger partial charge on any atom is -0.352 e. The van der Waals surface area contributed by atoms with Crippen LogP contribution in [0.4, 0.5) is 5.95 Å². The van der Waals surface area contributed by atoms with Crippen LogP contribution in [0.15, 0.2) is 36.5 Å². The molecule has 132 valence electrons. The van der Waals surface area contributed by atoms with Gasteiger partial charge in [-0.15, -0.1) is 0 Å². The first-order valence-electron chi connectivity index (χ1n) is 9.10. The van der Waals surface area contributed by atoms with Crippen molar-refractivity contribution in [2.75, 3.05) is 24.5 Å². The van der Waals surface area contributed by atoms with Crippen LogP contribution in [0.2, 0.25) is 0 Å². The molecule has 1 aromatic carbocycles. The number of carbonyl (C=O) groups excluding carboxylic acids is 1. The fraction of sp³-hybridized carbons (Fsp3) is 0.450. The van der Waals surface area contributed by atoms with Crippen molar-refractivity contribution in [1.82, 2.24) is 15.3 Å². The number of carbonyl (C=O) groups is 1. The highest BCUT2D eigenvalue weighted by atomic mass is 16.1. The summed E-state index contributed by atoms with van der Waals surface area (Å²) in [7, 11) is 0. The summed E-state index contributed by atoms with van der Waals surface area (Å²) < 4.78 is 0. The monoisotopic (exact) mass is 338 g/mol. The molecule has 0 spiro atoms. The Morgan fingerprint density at radius 1 is 1.12 bits per heavy atom. The van der Waals surface area contributed by atoms with Crippen LogP contribution in [0.3, 0.4) is 0 Å². The van der Waals surface area contributed by atoms with Crippen LogP contribution < -0.4 is 10.2 Å². The van der Waals surface area contributed by atoms with E-state index in [0.29, 0.717) is 18.0 Å². The summed E-state index contributed by atoms with van der Waals surface area (Å²) in [5.41, 5.74) is 2.57. The molecule has 1 N–H and O–H groups in total. The molecular formula is C20H26N4O. The third-order valence-electron chi connectivity index (χ3n) is 4.40. The van der Waals surface area contributed by atoms with Gasteiger partial charge >= 0.3 is 0 Å². The average molecular weight is 338 g/mol. The fourth-order valence-electron chi connectivity index (χ4n) is 2.95. The number of nitrogens with one attached hydrogen (secondary N) is 1. The highest BCUT2D eigenvalue weighted by molar-refractivity contribution is 5.94. The zero-order chi connectivity index (χ0) is 17.6. The zero-order valence-electron chi connectivity index (χ0n) is 15.0. The van der Waals surface area contributed by atoms with Gasteiger partial charge in [0, 0.05) is 37.0 Å². The first-order chi connectivity index (χ1) is 12.1. The lowest BCUT2D eigenvalue weighted by atomic mass is 10.1. The van der Waals surface area contributed by atoms with E-state index < -0.39 is 0 Å². The van der Waals surface area contributed by atoms with Crippen LogP contribution in [-0.4, -0.2) is 35.5 Å². The Kier molecular flexibility index (Phi) is 5.64. The van der Waals surface area contributed by atoms with Crippen molar-refractivity contribution in [1.29, 1.82) is 0 Å². The van der Waals surface area contributed by atoms with Gasteiger partial charge in [0.1, 0.15) is 0 Å². The van der Waals surface area contributed by atoms with Crippen molar-refractivity contribution >= 4 is 11.9 Å². The Morgan fingerprint density at radius 2 is 1.84 bits per heavy atom. The van der Waals surface area contributed by atoms with E-state index in [0.717, 1.165) is 30.3 Å². The van der Waals surface area contributed by atoms with Crippen molar-refractivity contribution in [3.8, 4) is 11.3 Å². The number of aromatic nitrogens is 2. The molecule has 0 aliphatic carbocycles. The molecule has 5 nitrogen and oxygen atoms in total. The molecular weight excluding hydrogens is 312 g/mol. The van der Waals surface area contributed by atoms with E-state index >= 15 is 0 Å². The fourth-order valence-corrected chi connectivity index (χ4v) is 2.95. The van der Waals surface area contributed by atoms with Gasteiger partial charge in [0.05, 0.1) is 5.69 Å². The average Bonchev–Trinajstić information content (AvgIpc) is 2.67. The van der Waals surface area contributed by atoms with Gasteiger partial charge in [-0.3, -0.25) is 4.79 Å². The minimum absolute atomic E-state index is 0.0306. The van der Waals surface area contributed by atoms with E-state index in [-0.39, 0.29) is 5.91 Å². The third kappa shape index (κ3) is 4.56. The first kappa shape index (κ1) is 17.4. The lowest BCUT2D eigenvalue weighted by Crippen LogP contribution is -2.30. The van der Waals surface area contributed by atoms with Crippen LogP contribution in [-0.2, 0) is 0 Å². The van der Waals surface area contributed by atoms with Crippen molar-refractivity contribution in [3.05, 3.63) is 42.1 Å². The predicted molar refractivity (Wildman–Crippen MR) is 101 cm³/mol. The first-order valence-corrected chi connectivity index (χ1v) is 9.10. The van der Waals surface area contributed by atoms with Gasteiger partial charge in [0.2, 0.25) is 5.95 Å². The predicted octanol–water partition coefficient (Wildman–Crippen LogP) is 3.52. The van der Waals surface area contributed by atoms with E-state index in [1.54, 1.807) is 0 Å². The van der Waals surface area contributed by atoms with Crippen molar-refractivity contribution < 1.29 is 4.79 Å². The number of benzene rings is 1. The quantitative estimate of drug-likeness (QED) is 0.906. The second-order valence-electron chi connectivity index (χ2n) is 6.97. The molecule has 1 saturated heterocycles. The smallest absolute Gasteiger partial charge is 0.251 e. The van der Waals surface area contributed by atoms with E-state index in [9.17, 15) is 4.79 Å². The maximum absolute atomic E-state index is 12.1. The molecule has 2 aromatic rings. The van der Waals surface area contributed by atoms with Crippen molar-refractivity contribution in [2.24, 2.45) is 5.92 Å². The standard InChI is InChI=1S/C20H26N4O/c1-15(2)14-22-19(25)17-8-6-16(7-9-17)18-10-11-21-20(23-18)24-12-4-3-5-13-24/h6-11,15H,3-5,12-14H2,1-2H3,(H,22,25). The third-order valence-corrected chi connectivity index (χ3v) is 4.40.